The number of carboxylic acids is 1. The van der Waals surface area contributed by atoms with Gasteiger partial charge in [0.1, 0.15) is 0 Å². The van der Waals surface area contributed by atoms with Crippen LogP contribution in [0.5, 0.6) is 0 Å². The van der Waals surface area contributed by atoms with Gasteiger partial charge in [-0.2, -0.15) is 0 Å². The summed E-state index contributed by atoms with van der Waals surface area (Å²) >= 11 is 0. The van der Waals surface area contributed by atoms with E-state index in [-0.39, 0.29) is 17.9 Å². The van der Waals surface area contributed by atoms with Crippen LogP contribution in [0.1, 0.15) is 59.3 Å². The minimum Gasteiger partial charge on any atom is -0.481 e. The molecule has 0 bridgehead atoms. The first-order valence-electron chi connectivity index (χ1n) is 8.02. The van der Waals surface area contributed by atoms with Gasteiger partial charge in [-0.15, -0.1) is 0 Å². The highest BCUT2D eigenvalue weighted by atomic mass is 16.4. The number of carbonyl (C=O) groups excluding carboxylic acids is 1. The van der Waals surface area contributed by atoms with E-state index in [1.54, 1.807) is 0 Å². The largest absolute Gasteiger partial charge is 0.481 e. The van der Waals surface area contributed by atoms with Gasteiger partial charge in [-0.05, 0) is 42.9 Å². The average molecular weight is 298 g/mol. The van der Waals surface area contributed by atoms with Crippen molar-refractivity contribution >= 4 is 12.0 Å². The summed E-state index contributed by atoms with van der Waals surface area (Å²) in [6.07, 6.45) is 5.29. The van der Waals surface area contributed by atoms with Crippen molar-refractivity contribution in [3.63, 3.8) is 0 Å². The first-order valence-corrected chi connectivity index (χ1v) is 8.02. The predicted molar refractivity (Wildman–Crippen MR) is 83.2 cm³/mol. The highest BCUT2D eigenvalue weighted by molar-refractivity contribution is 5.73. The number of rotatable bonds is 8. The molecule has 122 valence electrons. The van der Waals surface area contributed by atoms with Gasteiger partial charge < -0.3 is 15.7 Å². The van der Waals surface area contributed by atoms with Crippen LogP contribution in [-0.2, 0) is 4.79 Å². The molecule has 2 unspecified atom stereocenters. The molecule has 0 heterocycles. The molecule has 5 nitrogen and oxygen atoms in total. The number of carboxylic acid groups (broad SMARTS) is 1. The number of carbonyl (C=O) groups is 2. The second kappa shape index (κ2) is 8.25. The quantitative estimate of drug-likeness (QED) is 0.644. The summed E-state index contributed by atoms with van der Waals surface area (Å²) in [5, 5.41) is 14.5. The van der Waals surface area contributed by atoms with E-state index < -0.39 is 5.97 Å². The van der Waals surface area contributed by atoms with Crippen molar-refractivity contribution in [2.45, 2.75) is 59.3 Å². The van der Waals surface area contributed by atoms with Crippen LogP contribution >= 0.6 is 0 Å². The number of urea groups is 1. The second-order valence-corrected chi connectivity index (χ2v) is 7.23. The molecule has 5 heteroatoms. The molecule has 0 radical (unpaired) electrons. The van der Waals surface area contributed by atoms with E-state index >= 15 is 0 Å². The van der Waals surface area contributed by atoms with Gasteiger partial charge in [0, 0.05) is 19.5 Å². The fourth-order valence-corrected chi connectivity index (χ4v) is 2.89. The summed E-state index contributed by atoms with van der Waals surface area (Å²) in [5.41, 5.74) is -0.0629. The van der Waals surface area contributed by atoms with Crippen molar-refractivity contribution in [1.29, 1.82) is 0 Å². The third-order valence-corrected chi connectivity index (χ3v) is 4.46. The molecule has 0 aliphatic heterocycles. The summed E-state index contributed by atoms with van der Waals surface area (Å²) in [6, 6.07) is -0.108. The van der Waals surface area contributed by atoms with E-state index in [4.69, 9.17) is 5.11 Å². The van der Waals surface area contributed by atoms with Gasteiger partial charge in [-0.25, -0.2) is 4.79 Å². The molecule has 1 rings (SSSR count). The molecule has 0 saturated heterocycles. The Labute approximate surface area is 127 Å². The van der Waals surface area contributed by atoms with Crippen LogP contribution in [-0.4, -0.2) is 30.2 Å². The molecule has 21 heavy (non-hydrogen) atoms. The van der Waals surface area contributed by atoms with Crippen molar-refractivity contribution in [3.8, 4) is 0 Å². The van der Waals surface area contributed by atoms with Crippen molar-refractivity contribution in [1.82, 2.24) is 10.6 Å². The Balaban J connectivity index is 2.11. The van der Waals surface area contributed by atoms with Gasteiger partial charge in [0.05, 0.1) is 0 Å². The smallest absolute Gasteiger partial charge is 0.314 e. The number of amides is 2. The normalized spacial score (nSPS) is 22.0. The van der Waals surface area contributed by atoms with Gasteiger partial charge in [0.15, 0.2) is 0 Å². The number of hydrogen-bond acceptors (Lipinski definition) is 2. The maximum atomic E-state index is 11.7. The van der Waals surface area contributed by atoms with Crippen molar-refractivity contribution in [3.05, 3.63) is 0 Å². The van der Waals surface area contributed by atoms with Gasteiger partial charge in [-0.3, -0.25) is 4.79 Å². The van der Waals surface area contributed by atoms with E-state index in [0.717, 1.165) is 18.9 Å². The van der Waals surface area contributed by atoms with E-state index in [1.807, 2.05) is 13.8 Å². The van der Waals surface area contributed by atoms with Gasteiger partial charge in [0.2, 0.25) is 0 Å². The Morgan fingerprint density at radius 2 is 1.90 bits per heavy atom. The SMILES string of the molecule is CC1CCC(CNC(=O)NCCC(C)(C)CCC(=O)O)C1. The third-order valence-electron chi connectivity index (χ3n) is 4.46. The zero-order chi connectivity index (χ0) is 15.9. The summed E-state index contributed by atoms with van der Waals surface area (Å²) < 4.78 is 0. The highest BCUT2D eigenvalue weighted by Gasteiger charge is 2.22. The Kier molecular flexibility index (Phi) is 6.99. The first-order chi connectivity index (χ1) is 9.78. The van der Waals surface area contributed by atoms with E-state index in [2.05, 4.69) is 17.6 Å². The molecule has 1 fully saturated rings. The topological polar surface area (TPSA) is 78.4 Å². The van der Waals surface area contributed by atoms with Crippen LogP contribution in [0.15, 0.2) is 0 Å². The molecular formula is C16H30N2O3. The van der Waals surface area contributed by atoms with Crippen molar-refractivity contribution in [2.24, 2.45) is 17.3 Å². The molecule has 1 aliphatic carbocycles. The second-order valence-electron chi connectivity index (χ2n) is 7.23. The Bertz CT molecular complexity index is 355. The molecule has 1 aliphatic rings. The standard InChI is InChI=1S/C16H30N2O3/c1-12-4-5-13(10-12)11-18-15(21)17-9-8-16(2,3)7-6-14(19)20/h12-13H,4-11H2,1-3H3,(H,19,20)(H2,17,18,21). The van der Waals surface area contributed by atoms with Crippen LogP contribution in [0.4, 0.5) is 4.79 Å². The maximum Gasteiger partial charge on any atom is 0.314 e. The Morgan fingerprint density at radius 3 is 2.48 bits per heavy atom. The van der Waals surface area contributed by atoms with Gasteiger partial charge >= 0.3 is 12.0 Å². The zero-order valence-corrected chi connectivity index (χ0v) is 13.6. The lowest BCUT2D eigenvalue weighted by Gasteiger charge is -2.24. The van der Waals surface area contributed by atoms with Crippen LogP contribution in [0.3, 0.4) is 0 Å². The minimum absolute atomic E-state index is 0.0629. The third kappa shape index (κ3) is 7.93. The summed E-state index contributed by atoms with van der Waals surface area (Å²) in [6.45, 7) is 7.68. The zero-order valence-electron chi connectivity index (χ0n) is 13.6. The molecule has 0 aromatic heterocycles. The van der Waals surface area contributed by atoms with Crippen LogP contribution in [0, 0.1) is 17.3 Å². The lowest BCUT2D eigenvalue weighted by atomic mass is 9.84. The summed E-state index contributed by atoms with van der Waals surface area (Å²) in [4.78, 5) is 22.3. The number of nitrogens with one attached hydrogen (secondary N) is 2. The van der Waals surface area contributed by atoms with Crippen LogP contribution < -0.4 is 10.6 Å². The number of aliphatic carboxylic acids is 1. The van der Waals surface area contributed by atoms with Crippen molar-refractivity contribution in [2.75, 3.05) is 13.1 Å². The Hall–Kier alpha value is -1.26. The fourth-order valence-electron chi connectivity index (χ4n) is 2.89. The monoisotopic (exact) mass is 298 g/mol. The number of hydrogen-bond donors (Lipinski definition) is 3. The molecule has 2 amide bonds. The average Bonchev–Trinajstić information content (AvgIpc) is 2.80. The predicted octanol–water partition coefficient (Wildman–Crippen LogP) is 3.00. The summed E-state index contributed by atoms with van der Waals surface area (Å²) in [5.74, 6) is 0.646. The van der Waals surface area contributed by atoms with Gasteiger partial charge in [0.25, 0.3) is 0 Å². The van der Waals surface area contributed by atoms with Gasteiger partial charge in [-0.1, -0.05) is 27.2 Å². The van der Waals surface area contributed by atoms with Crippen molar-refractivity contribution < 1.29 is 14.7 Å². The lowest BCUT2D eigenvalue weighted by Crippen LogP contribution is -2.39. The van der Waals surface area contributed by atoms with Crippen LogP contribution in [0.25, 0.3) is 0 Å². The molecule has 0 spiro atoms. The molecule has 0 aromatic rings. The van der Waals surface area contributed by atoms with Crippen LogP contribution in [0.2, 0.25) is 0 Å². The van der Waals surface area contributed by atoms with E-state index in [0.29, 0.717) is 18.9 Å². The lowest BCUT2D eigenvalue weighted by molar-refractivity contribution is -0.137. The minimum atomic E-state index is -0.764. The molecule has 3 N–H and O–H groups in total. The first kappa shape index (κ1) is 17.8. The van der Waals surface area contributed by atoms with E-state index in [1.165, 1.54) is 19.3 Å². The molecule has 1 saturated carbocycles. The molecular weight excluding hydrogens is 268 g/mol. The Morgan fingerprint density at radius 1 is 1.19 bits per heavy atom. The highest BCUT2D eigenvalue weighted by Crippen LogP contribution is 2.29. The fraction of sp³-hybridized carbons (Fsp3) is 0.875. The van der Waals surface area contributed by atoms with E-state index in [9.17, 15) is 9.59 Å². The molecule has 0 aromatic carbocycles. The molecule has 2 atom stereocenters. The maximum absolute atomic E-state index is 11.7. The summed E-state index contributed by atoms with van der Waals surface area (Å²) in [7, 11) is 0.